The summed E-state index contributed by atoms with van der Waals surface area (Å²) in [5.74, 6) is 0. The molecular formula is C20H21ClF3N5. The van der Waals surface area contributed by atoms with Gasteiger partial charge in [-0.2, -0.15) is 13.2 Å². The first-order valence-corrected chi connectivity index (χ1v) is 10.1. The van der Waals surface area contributed by atoms with Gasteiger partial charge >= 0.3 is 6.18 Å². The zero-order chi connectivity index (χ0) is 20.3. The SMILES string of the molecule is CN1CC2CCC(C1)N2Cc1ccc2c(c1)c1ncnc(Cl)c1n2CC(F)(F)F. The molecular weight excluding hydrogens is 403 g/mol. The summed E-state index contributed by atoms with van der Waals surface area (Å²) in [6.07, 6.45) is -0.666. The summed E-state index contributed by atoms with van der Waals surface area (Å²) in [6.45, 7) is 1.80. The minimum atomic E-state index is -4.37. The van der Waals surface area contributed by atoms with Gasteiger partial charge in [0.2, 0.25) is 0 Å². The van der Waals surface area contributed by atoms with Crippen LogP contribution in [0.2, 0.25) is 5.15 Å². The van der Waals surface area contributed by atoms with Crippen LogP contribution in [0.5, 0.6) is 0 Å². The summed E-state index contributed by atoms with van der Waals surface area (Å²) < 4.78 is 40.8. The topological polar surface area (TPSA) is 37.2 Å². The maximum atomic E-state index is 13.2. The third-order valence-corrected chi connectivity index (χ3v) is 6.45. The van der Waals surface area contributed by atoms with Gasteiger partial charge in [0.15, 0.2) is 5.15 Å². The van der Waals surface area contributed by atoms with Crippen molar-refractivity contribution in [2.45, 2.75) is 44.2 Å². The van der Waals surface area contributed by atoms with Crippen molar-refractivity contribution in [1.82, 2.24) is 24.3 Å². The minimum absolute atomic E-state index is 0.0362. The lowest BCUT2D eigenvalue weighted by atomic mass is 10.1. The largest absolute Gasteiger partial charge is 0.406 e. The summed E-state index contributed by atoms with van der Waals surface area (Å²) in [5, 5.41) is 0.724. The molecule has 0 radical (unpaired) electrons. The fraction of sp³-hybridized carbons (Fsp3) is 0.500. The van der Waals surface area contributed by atoms with Crippen LogP contribution in [0.3, 0.4) is 0 Å². The Morgan fingerprint density at radius 1 is 1.14 bits per heavy atom. The van der Waals surface area contributed by atoms with E-state index in [1.165, 1.54) is 23.7 Å². The number of aromatic nitrogens is 3. The summed E-state index contributed by atoms with van der Waals surface area (Å²) in [7, 11) is 2.16. The summed E-state index contributed by atoms with van der Waals surface area (Å²) in [4.78, 5) is 13.1. The zero-order valence-electron chi connectivity index (χ0n) is 16.0. The third kappa shape index (κ3) is 3.37. The lowest BCUT2D eigenvalue weighted by Gasteiger charge is -2.39. The Morgan fingerprint density at radius 3 is 2.55 bits per heavy atom. The lowest BCUT2D eigenvalue weighted by Crippen LogP contribution is -2.51. The van der Waals surface area contributed by atoms with Crippen LogP contribution in [0.15, 0.2) is 24.5 Å². The Kier molecular flexibility index (Phi) is 4.49. The van der Waals surface area contributed by atoms with Crippen molar-refractivity contribution in [1.29, 1.82) is 0 Å². The fourth-order valence-corrected chi connectivity index (χ4v) is 5.27. The van der Waals surface area contributed by atoms with E-state index in [4.69, 9.17) is 11.6 Å². The number of alkyl halides is 3. The smallest absolute Gasteiger partial charge is 0.327 e. The molecule has 0 spiro atoms. The van der Waals surface area contributed by atoms with Crippen LogP contribution < -0.4 is 0 Å². The Bertz CT molecular complexity index is 1070. The van der Waals surface area contributed by atoms with E-state index >= 15 is 0 Å². The van der Waals surface area contributed by atoms with Gasteiger partial charge in [-0.1, -0.05) is 17.7 Å². The average molecular weight is 424 g/mol. The fourth-order valence-electron chi connectivity index (χ4n) is 5.03. The molecule has 0 saturated carbocycles. The molecule has 5 rings (SSSR count). The molecule has 2 saturated heterocycles. The van der Waals surface area contributed by atoms with Crippen molar-refractivity contribution >= 4 is 33.5 Å². The maximum Gasteiger partial charge on any atom is 0.406 e. The van der Waals surface area contributed by atoms with Crippen molar-refractivity contribution in [2.75, 3.05) is 20.1 Å². The Hall–Kier alpha value is -1.90. The molecule has 9 heteroatoms. The predicted octanol–water partition coefficient (Wildman–Crippen LogP) is 4.08. The van der Waals surface area contributed by atoms with Crippen LogP contribution in [-0.4, -0.2) is 62.7 Å². The van der Waals surface area contributed by atoms with Crippen LogP contribution in [0.25, 0.3) is 21.9 Å². The van der Waals surface area contributed by atoms with E-state index in [2.05, 4.69) is 26.8 Å². The summed E-state index contributed by atoms with van der Waals surface area (Å²) >= 11 is 6.17. The molecule has 154 valence electrons. The molecule has 4 heterocycles. The first-order chi connectivity index (χ1) is 13.8. The summed E-state index contributed by atoms with van der Waals surface area (Å²) in [6, 6.07) is 6.72. The Morgan fingerprint density at radius 2 is 1.86 bits per heavy atom. The van der Waals surface area contributed by atoms with Crippen LogP contribution in [-0.2, 0) is 13.1 Å². The van der Waals surface area contributed by atoms with E-state index in [-0.39, 0.29) is 10.7 Å². The average Bonchev–Trinajstić information content (AvgIpc) is 3.06. The van der Waals surface area contributed by atoms with Gasteiger partial charge in [0.25, 0.3) is 0 Å². The van der Waals surface area contributed by atoms with Crippen LogP contribution >= 0.6 is 11.6 Å². The van der Waals surface area contributed by atoms with Gasteiger partial charge in [0.1, 0.15) is 23.9 Å². The van der Waals surface area contributed by atoms with Gasteiger partial charge < -0.3 is 9.47 Å². The van der Waals surface area contributed by atoms with E-state index in [0.29, 0.717) is 28.5 Å². The van der Waals surface area contributed by atoms with E-state index in [0.717, 1.165) is 25.2 Å². The molecule has 1 aromatic carbocycles. The van der Waals surface area contributed by atoms with Crippen molar-refractivity contribution in [3.8, 4) is 0 Å². The standard InChI is InChI=1S/C20H21ClF3N5/c1-27-8-13-3-4-14(9-27)28(13)7-12-2-5-16-15(6-12)17-18(19(21)26-11-25-17)29(16)10-20(22,23)24/h2,5-6,11,13-14H,3-4,7-10H2,1H3. The molecule has 2 aromatic heterocycles. The van der Waals surface area contributed by atoms with Crippen molar-refractivity contribution in [3.05, 3.63) is 35.2 Å². The van der Waals surface area contributed by atoms with Crippen LogP contribution in [0.1, 0.15) is 18.4 Å². The minimum Gasteiger partial charge on any atom is -0.327 e. The molecule has 0 aliphatic carbocycles. The highest BCUT2D eigenvalue weighted by Gasteiger charge is 2.38. The number of hydrogen-bond donors (Lipinski definition) is 0. The molecule has 29 heavy (non-hydrogen) atoms. The van der Waals surface area contributed by atoms with Crippen molar-refractivity contribution in [3.63, 3.8) is 0 Å². The van der Waals surface area contributed by atoms with Gasteiger partial charge in [0, 0.05) is 37.1 Å². The highest BCUT2D eigenvalue weighted by Crippen LogP contribution is 2.35. The zero-order valence-corrected chi connectivity index (χ0v) is 16.7. The molecule has 2 unspecified atom stereocenters. The quantitative estimate of drug-likeness (QED) is 0.595. The molecule has 5 nitrogen and oxygen atoms in total. The first kappa shape index (κ1) is 19.1. The number of halogens is 4. The van der Waals surface area contributed by atoms with E-state index < -0.39 is 12.7 Å². The van der Waals surface area contributed by atoms with Gasteiger partial charge in [-0.3, -0.25) is 4.90 Å². The predicted molar refractivity (Wildman–Crippen MR) is 106 cm³/mol. The van der Waals surface area contributed by atoms with Crippen LogP contribution in [0.4, 0.5) is 13.2 Å². The summed E-state index contributed by atoms with van der Waals surface area (Å²) in [5.41, 5.74) is 2.26. The number of piperazine rings is 1. The van der Waals surface area contributed by atoms with Crippen molar-refractivity contribution in [2.24, 2.45) is 0 Å². The molecule has 2 bridgehead atoms. The molecule has 2 aliphatic rings. The number of benzene rings is 1. The Labute approximate surface area is 171 Å². The number of hydrogen-bond acceptors (Lipinski definition) is 4. The Balaban J connectivity index is 1.57. The van der Waals surface area contributed by atoms with Gasteiger partial charge in [0.05, 0.1) is 5.52 Å². The second-order valence-electron chi connectivity index (χ2n) is 8.19. The third-order valence-electron chi connectivity index (χ3n) is 6.17. The van der Waals surface area contributed by atoms with Gasteiger partial charge in [-0.05, 0) is 37.6 Å². The first-order valence-electron chi connectivity index (χ1n) is 9.72. The van der Waals surface area contributed by atoms with Gasteiger partial charge in [-0.15, -0.1) is 0 Å². The number of fused-ring (bicyclic) bond motifs is 5. The van der Waals surface area contributed by atoms with E-state index in [1.807, 2.05) is 12.1 Å². The molecule has 0 amide bonds. The number of rotatable bonds is 3. The molecule has 2 fully saturated rings. The number of likely N-dealkylation sites (tertiary alicyclic amines) is 1. The second-order valence-corrected chi connectivity index (χ2v) is 8.55. The monoisotopic (exact) mass is 423 g/mol. The molecule has 2 atom stereocenters. The van der Waals surface area contributed by atoms with Crippen molar-refractivity contribution < 1.29 is 13.2 Å². The maximum absolute atomic E-state index is 13.2. The molecule has 0 N–H and O–H groups in total. The van der Waals surface area contributed by atoms with Gasteiger partial charge in [-0.25, -0.2) is 9.97 Å². The normalized spacial score (nSPS) is 23.5. The van der Waals surface area contributed by atoms with Crippen LogP contribution in [0, 0.1) is 0 Å². The highest BCUT2D eigenvalue weighted by atomic mass is 35.5. The lowest BCUT2D eigenvalue weighted by molar-refractivity contribution is -0.139. The van der Waals surface area contributed by atoms with E-state index in [9.17, 15) is 13.2 Å². The highest BCUT2D eigenvalue weighted by molar-refractivity contribution is 6.34. The van der Waals surface area contributed by atoms with E-state index in [1.54, 1.807) is 6.07 Å². The number of likely N-dealkylation sites (N-methyl/N-ethyl adjacent to an activating group) is 1. The molecule has 2 aliphatic heterocycles. The number of nitrogens with zero attached hydrogens (tertiary/aromatic N) is 5. The second kappa shape index (κ2) is 6.82. The molecule has 3 aromatic rings.